The molecule has 1 aromatic carbocycles. The Balaban J connectivity index is 2.10. The van der Waals surface area contributed by atoms with Crippen LogP contribution in [0.2, 0.25) is 10.0 Å². The summed E-state index contributed by atoms with van der Waals surface area (Å²) in [4.78, 5) is 11.2. The number of ether oxygens (including phenoxy) is 1. The first-order valence-corrected chi connectivity index (χ1v) is 5.92. The first kappa shape index (κ1) is 12.2. The van der Waals surface area contributed by atoms with E-state index >= 15 is 0 Å². The highest BCUT2D eigenvalue weighted by molar-refractivity contribution is 6.42. The Morgan fingerprint density at radius 1 is 1.24 bits per heavy atom. The van der Waals surface area contributed by atoms with Crippen molar-refractivity contribution in [2.75, 3.05) is 6.61 Å². The van der Waals surface area contributed by atoms with E-state index in [1.54, 1.807) is 18.2 Å². The number of carbonyl (C=O) groups excluding carboxylic acids is 1. The predicted molar refractivity (Wildman–Crippen MR) is 69.2 cm³/mol. The smallest absolute Gasteiger partial charge is 0.334 e. The van der Waals surface area contributed by atoms with Gasteiger partial charge in [-0.2, -0.15) is 0 Å². The number of rotatable bonds is 2. The third-order valence-corrected chi connectivity index (χ3v) is 3.14. The van der Waals surface area contributed by atoms with Gasteiger partial charge in [0.25, 0.3) is 0 Å². The Kier molecular flexibility index (Phi) is 3.87. The summed E-state index contributed by atoms with van der Waals surface area (Å²) >= 11 is 11.7. The van der Waals surface area contributed by atoms with Gasteiger partial charge in [-0.15, -0.1) is 0 Å². The van der Waals surface area contributed by atoms with Crippen LogP contribution in [0, 0.1) is 0 Å². The SMILES string of the molecule is O=C1OCCC1=CC=Cc1ccc(Cl)c(Cl)c1. The van der Waals surface area contributed by atoms with Gasteiger partial charge in [0, 0.05) is 12.0 Å². The number of esters is 1. The van der Waals surface area contributed by atoms with Gasteiger partial charge in [0.15, 0.2) is 0 Å². The second kappa shape index (κ2) is 5.39. The maximum Gasteiger partial charge on any atom is 0.334 e. The molecule has 0 saturated carbocycles. The second-order valence-electron chi connectivity index (χ2n) is 3.61. The molecule has 1 aliphatic rings. The number of allylic oxidation sites excluding steroid dienone is 2. The topological polar surface area (TPSA) is 26.3 Å². The standard InChI is InChI=1S/C13H10Cl2O2/c14-11-5-4-9(8-12(11)15)2-1-3-10-6-7-17-13(10)16/h1-5,8H,6-7H2. The van der Waals surface area contributed by atoms with Crippen molar-refractivity contribution in [3.8, 4) is 0 Å². The average Bonchev–Trinajstić information content (AvgIpc) is 2.70. The van der Waals surface area contributed by atoms with Crippen LogP contribution in [0.15, 0.2) is 35.9 Å². The first-order valence-electron chi connectivity index (χ1n) is 5.16. The second-order valence-corrected chi connectivity index (χ2v) is 4.42. The Morgan fingerprint density at radius 3 is 2.71 bits per heavy atom. The van der Waals surface area contributed by atoms with Gasteiger partial charge in [-0.1, -0.05) is 47.5 Å². The summed E-state index contributed by atoms with van der Waals surface area (Å²) in [5.74, 6) is -0.233. The van der Waals surface area contributed by atoms with Crippen LogP contribution < -0.4 is 0 Å². The summed E-state index contributed by atoms with van der Waals surface area (Å²) in [6, 6.07) is 5.36. The molecular weight excluding hydrogens is 259 g/mol. The van der Waals surface area contributed by atoms with Gasteiger partial charge >= 0.3 is 5.97 Å². The number of cyclic esters (lactones) is 1. The third-order valence-electron chi connectivity index (χ3n) is 2.40. The van der Waals surface area contributed by atoms with Crippen LogP contribution in [-0.4, -0.2) is 12.6 Å². The number of hydrogen-bond acceptors (Lipinski definition) is 2. The van der Waals surface area contributed by atoms with Gasteiger partial charge in [0.05, 0.1) is 16.7 Å². The summed E-state index contributed by atoms with van der Waals surface area (Å²) < 4.78 is 4.82. The van der Waals surface area contributed by atoms with Gasteiger partial charge < -0.3 is 4.74 Å². The molecule has 1 fully saturated rings. The molecule has 1 aliphatic heterocycles. The fraction of sp³-hybridized carbons (Fsp3) is 0.154. The molecule has 2 rings (SSSR count). The molecule has 1 heterocycles. The molecule has 0 unspecified atom stereocenters. The molecule has 0 N–H and O–H groups in total. The van der Waals surface area contributed by atoms with Crippen LogP contribution in [0.4, 0.5) is 0 Å². The van der Waals surface area contributed by atoms with Crippen LogP contribution in [0.3, 0.4) is 0 Å². The lowest BCUT2D eigenvalue weighted by atomic mass is 10.1. The van der Waals surface area contributed by atoms with E-state index in [1.165, 1.54) is 0 Å². The molecule has 88 valence electrons. The van der Waals surface area contributed by atoms with E-state index in [2.05, 4.69) is 0 Å². The summed E-state index contributed by atoms with van der Waals surface area (Å²) in [6.45, 7) is 0.477. The van der Waals surface area contributed by atoms with Crippen LogP contribution >= 0.6 is 23.2 Å². The summed E-state index contributed by atoms with van der Waals surface area (Å²) in [7, 11) is 0. The zero-order valence-electron chi connectivity index (χ0n) is 8.95. The quantitative estimate of drug-likeness (QED) is 0.601. The normalized spacial score (nSPS) is 18.0. The Labute approximate surface area is 109 Å². The monoisotopic (exact) mass is 268 g/mol. The van der Waals surface area contributed by atoms with E-state index in [9.17, 15) is 4.79 Å². The van der Waals surface area contributed by atoms with Gasteiger partial charge in [0.1, 0.15) is 0 Å². The summed E-state index contributed by atoms with van der Waals surface area (Å²) in [5.41, 5.74) is 1.63. The van der Waals surface area contributed by atoms with E-state index in [0.29, 0.717) is 28.6 Å². The molecule has 0 aliphatic carbocycles. The zero-order valence-corrected chi connectivity index (χ0v) is 10.5. The highest BCUT2D eigenvalue weighted by atomic mass is 35.5. The molecule has 0 atom stereocenters. The molecule has 2 nitrogen and oxygen atoms in total. The maximum absolute atomic E-state index is 11.2. The minimum atomic E-state index is -0.233. The number of benzene rings is 1. The Morgan fingerprint density at radius 2 is 2.06 bits per heavy atom. The van der Waals surface area contributed by atoms with Crippen molar-refractivity contribution >= 4 is 35.2 Å². The van der Waals surface area contributed by atoms with Crippen LogP contribution in [0.5, 0.6) is 0 Å². The molecule has 0 amide bonds. The lowest BCUT2D eigenvalue weighted by Crippen LogP contribution is -1.93. The fourth-order valence-corrected chi connectivity index (χ4v) is 1.80. The predicted octanol–water partition coefficient (Wildman–Crippen LogP) is 3.88. The highest BCUT2D eigenvalue weighted by Crippen LogP contribution is 2.23. The minimum absolute atomic E-state index is 0.233. The van der Waals surface area contributed by atoms with E-state index < -0.39 is 0 Å². The maximum atomic E-state index is 11.2. The largest absolute Gasteiger partial charge is 0.462 e. The van der Waals surface area contributed by atoms with E-state index in [1.807, 2.05) is 18.2 Å². The zero-order chi connectivity index (χ0) is 12.3. The lowest BCUT2D eigenvalue weighted by Gasteiger charge is -1.96. The Hall–Kier alpha value is -1.25. The highest BCUT2D eigenvalue weighted by Gasteiger charge is 2.16. The van der Waals surface area contributed by atoms with Crippen LogP contribution in [-0.2, 0) is 9.53 Å². The summed E-state index contributed by atoms with van der Waals surface area (Å²) in [6.07, 6.45) is 6.10. The molecular formula is C13H10Cl2O2. The number of carbonyl (C=O) groups is 1. The lowest BCUT2D eigenvalue weighted by molar-refractivity contribution is -0.135. The molecule has 4 heteroatoms. The van der Waals surface area contributed by atoms with Crippen LogP contribution in [0.1, 0.15) is 12.0 Å². The van der Waals surface area contributed by atoms with E-state index in [-0.39, 0.29) is 5.97 Å². The van der Waals surface area contributed by atoms with Gasteiger partial charge in [-0.25, -0.2) is 4.79 Å². The molecule has 1 saturated heterocycles. The fourth-order valence-electron chi connectivity index (χ4n) is 1.49. The van der Waals surface area contributed by atoms with Crippen molar-refractivity contribution in [1.29, 1.82) is 0 Å². The molecule has 17 heavy (non-hydrogen) atoms. The van der Waals surface area contributed by atoms with Crippen molar-refractivity contribution in [3.63, 3.8) is 0 Å². The van der Waals surface area contributed by atoms with Crippen molar-refractivity contribution in [3.05, 3.63) is 51.5 Å². The van der Waals surface area contributed by atoms with Gasteiger partial charge in [0.2, 0.25) is 0 Å². The molecule has 1 aromatic rings. The summed E-state index contributed by atoms with van der Waals surface area (Å²) in [5, 5.41) is 1.04. The van der Waals surface area contributed by atoms with Gasteiger partial charge in [-0.05, 0) is 17.7 Å². The Bertz CT molecular complexity index is 504. The van der Waals surface area contributed by atoms with Crippen LogP contribution in [0.25, 0.3) is 6.08 Å². The van der Waals surface area contributed by atoms with Crippen molar-refractivity contribution in [2.45, 2.75) is 6.42 Å². The average molecular weight is 269 g/mol. The van der Waals surface area contributed by atoms with Crippen molar-refractivity contribution in [1.82, 2.24) is 0 Å². The molecule has 0 spiro atoms. The molecule has 0 radical (unpaired) electrons. The van der Waals surface area contributed by atoms with Gasteiger partial charge in [-0.3, -0.25) is 0 Å². The minimum Gasteiger partial charge on any atom is -0.462 e. The molecule has 0 aromatic heterocycles. The van der Waals surface area contributed by atoms with E-state index in [0.717, 1.165) is 5.56 Å². The first-order chi connectivity index (χ1) is 8.16. The number of hydrogen-bond donors (Lipinski definition) is 0. The van der Waals surface area contributed by atoms with E-state index in [4.69, 9.17) is 27.9 Å². The van der Waals surface area contributed by atoms with Crippen molar-refractivity contribution < 1.29 is 9.53 Å². The molecule has 0 bridgehead atoms. The number of halogens is 2. The van der Waals surface area contributed by atoms with Crippen molar-refractivity contribution in [2.24, 2.45) is 0 Å². The third kappa shape index (κ3) is 3.11.